The minimum atomic E-state index is -3.47. The highest BCUT2D eigenvalue weighted by atomic mass is 32.2. The van der Waals surface area contributed by atoms with Crippen molar-refractivity contribution in [1.82, 2.24) is 4.72 Å². The number of fused-ring (bicyclic) bond motifs is 1. The lowest BCUT2D eigenvalue weighted by Crippen LogP contribution is -2.31. The Balaban J connectivity index is 2.31. The molecule has 0 saturated carbocycles. The largest absolute Gasteiger partial charge is 0.494 e. The van der Waals surface area contributed by atoms with Crippen LogP contribution in [-0.4, -0.2) is 21.1 Å². The van der Waals surface area contributed by atoms with Crippen molar-refractivity contribution in [2.75, 3.05) is 6.61 Å². The Kier molecular flexibility index (Phi) is 5.42. The molecule has 0 fully saturated rings. The van der Waals surface area contributed by atoms with Crippen LogP contribution < -0.4 is 9.46 Å². The third kappa shape index (κ3) is 3.99. The maximum Gasteiger partial charge on any atom is 0.240 e. The molecule has 0 aliphatic carbocycles. The predicted molar refractivity (Wildman–Crippen MR) is 89.8 cm³/mol. The van der Waals surface area contributed by atoms with Gasteiger partial charge in [0.2, 0.25) is 10.0 Å². The van der Waals surface area contributed by atoms with Gasteiger partial charge in [0.1, 0.15) is 5.75 Å². The molecule has 0 heterocycles. The molecule has 2 aromatic rings. The summed E-state index contributed by atoms with van der Waals surface area (Å²) in [7, 11) is -3.47. The molecule has 2 aromatic carbocycles. The van der Waals surface area contributed by atoms with Crippen molar-refractivity contribution in [3.63, 3.8) is 0 Å². The highest BCUT2D eigenvalue weighted by molar-refractivity contribution is 7.89. The molecule has 1 N–H and O–H groups in total. The van der Waals surface area contributed by atoms with Gasteiger partial charge in [-0.1, -0.05) is 26.0 Å². The van der Waals surface area contributed by atoms with Crippen molar-refractivity contribution in [2.24, 2.45) is 0 Å². The lowest BCUT2D eigenvalue weighted by Gasteiger charge is -2.13. The average Bonchev–Trinajstić information content (AvgIpc) is 2.51. The number of benzene rings is 2. The van der Waals surface area contributed by atoms with Gasteiger partial charge in [-0.15, -0.1) is 0 Å². The first kappa shape index (κ1) is 16.8. The van der Waals surface area contributed by atoms with E-state index in [4.69, 9.17) is 4.74 Å². The Hall–Kier alpha value is -1.59. The summed E-state index contributed by atoms with van der Waals surface area (Å²) in [5.41, 5.74) is 0. The van der Waals surface area contributed by atoms with Crippen LogP contribution in [0.3, 0.4) is 0 Å². The summed E-state index contributed by atoms with van der Waals surface area (Å²) in [6.45, 7) is 6.54. The molecular formula is C17H23NO3S. The third-order valence-electron chi connectivity index (χ3n) is 3.54. The van der Waals surface area contributed by atoms with Crippen LogP contribution in [0, 0.1) is 0 Å². The fourth-order valence-electron chi connectivity index (χ4n) is 2.09. The normalized spacial score (nSPS) is 13.2. The third-order valence-corrected chi connectivity index (χ3v) is 5.12. The van der Waals surface area contributed by atoms with Gasteiger partial charge in [-0.3, -0.25) is 0 Å². The fourth-order valence-corrected chi connectivity index (χ4v) is 3.46. The fraction of sp³-hybridized carbons (Fsp3) is 0.412. The summed E-state index contributed by atoms with van der Waals surface area (Å²) in [6, 6.07) is 10.8. The molecule has 0 amide bonds. The molecule has 2 rings (SSSR count). The van der Waals surface area contributed by atoms with Crippen LogP contribution in [0.25, 0.3) is 10.8 Å². The van der Waals surface area contributed by atoms with Gasteiger partial charge >= 0.3 is 0 Å². The van der Waals surface area contributed by atoms with E-state index < -0.39 is 10.0 Å². The highest BCUT2D eigenvalue weighted by Gasteiger charge is 2.16. The Labute approximate surface area is 132 Å². The van der Waals surface area contributed by atoms with Crippen molar-refractivity contribution < 1.29 is 13.2 Å². The SMILES string of the molecule is CCCOc1ccc2cc(S(=O)(=O)N[C@@H](C)CC)ccc2c1. The summed E-state index contributed by atoms with van der Waals surface area (Å²) >= 11 is 0. The van der Waals surface area contributed by atoms with E-state index in [0.29, 0.717) is 11.5 Å². The van der Waals surface area contributed by atoms with Gasteiger partial charge in [0.05, 0.1) is 11.5 Å². The van der Waals surface area contributed by atoms with Crippen molar-refractivity contribution in [2.45, 2.75) is 44.6 Å². The van der Waals surface area contributed by atoms with Gasteiger partial charge in [0.25, 0.3) is 0 Å². The maximum absolute atomic E-state index is 12.3. The van der Waals surface area contributed by atoms with Crippen LogP contribution in [0.1, 0.15) is 33.6 Å². The minimum Gasteiger partial charge on any atom is -0.494 e. The molecule has 0 radical (unpaired) electrons. The van der Waals surface area contributed by atoms with Crippen molar-refractivity contribution >= 4 is 20.8 Å². The van der Waals surface area contributed by atoms with Gasteiger partial charge in [-0.25, -0.2) is 13.1 Å². The number of ether oxygens (including phenoxy) is 1. The standard InChI is InChI=1S/C17H23NO3S/c1-4-10-21-16-8-6-15-12-17(9-7-14(15)11-16)22(19,20)18-13(3)5-2/h6-9,11-13,18H,4-5,10H2,1-3H3/t13-/m0/s1. The molecule has 0 spiro atoms. The summed E-state index contributed by atoms with van der Waals surface area (Å²) in [5, 5.41) is 1.85. The van der Waals surface area contributed by atoms with Gasteiger partial charge in [-0.05, 0) is 54.8 Å². The second-order valence-corrected chi connectivity index (χ2v) is 7.16. The molecule has 0 bridgehead atoms. The van der Waals surface area contributed by atoms with Crippen LogP contribution in [0.2, 0.25) is 0 Å². The molecule has 0 aliphatic rings. The maximum atomic E-state index is 12.3. The highest BCUT2D eigenvalue weighted by Crippen LogP contribution is 2.24. The lowest BCUT2D eigenvalue weighted by atomic mass is 10.1. The van der Waals surface area contributed by atoms with E-state index in [-0.39, 0.29) is 6.04 Å². The van der Waals surface area contributed by atoms with Gasteiger partial charge in [-0.2, -0.15) is 0 Å². The summed E-state index contributed by atoms with van der Waals surface area (Å²) in [4.78, 5) is 0.294. The first-order valence-electron chi connectivity index (χ1n) is 7.65. The van der Waals surface area contributed by atoms with E-state index in [1.54, 1.807) is 12.1 Å². The zero-order chi connectivity index (χ0) is 16.2. The van der Waals surface area contributed by atoms with Crippen molar-refractivity contribution in [1.29, 1.82) is 0 Å². The molecule has 1 atom stereocenters. The van der Waals surface area contributed by atoms with Crippen LogP contribution >= 0.6 is 0 Å². The number of rotatable bonds is 7. The van der Waals surface area contributed by atoms with Gasteiger partial charge in [0.15, 0.2) is 0 Å². The van der Waals surface area contributed by atoms with Crippen molar-refractivity contribution in [3.05, 3.63) is 36.4 Å². The van der Waals surface area contributed by atoms with Gasteiger partial charge in [0, 0.05) is 6.04 Å². The van der Waals surface area contributed by atoms with E-state index in [0.717, 1.165) is 29.4 Å². The number of nitrogens with one attached hydrogen (secondary N) is 1. The average molecular weight is 321 g/mol. The lowest BCUT2D eigenvalue weighted by molar-refractivity contribution is 0.318. The zero-order valence-electron chi connectivity index (χ0n) is 13.3. The monoisotopic (exact) mass is 321 g/mol. The first-order chi connectivity index (χ1) is 10.5. The Morgan fingerprint density at radius 2 is 1.77 bits per heavy atom. The topological polar surface area (TPSA) is 55.4 Å². The Bertz CT molecular complexity index is 741. The Morgan fingerprint density at radius 3 is 2.45 bits per heavy atom. The molecule has 0 unspecified atom stereocenters. The second-order valence-electron chi connectivity index (χ2n) is 5.45. The van der Waals surface area contributed by atoms with E-state index in [1.165, 1.54) is 0 Å². The number of hydrogen-bond donors (Lipinski definition) is 1. The zero-order valence-corrected chi connectivity index (χ0v) is 14.1. The molecule has 0 saturated heterocycles. The van der Waals surface area contributed by atoms with Crippen LogP contribution in [0.4, 0.5) is 0 Å². The van der Waals surface area contributed by atoms with Crippen LogP contribution in [0.5, 0.6) is 5.75 Å². The van der Waals surface area contributed by atoms with Crippen molar-refractivity contribution in [3.8, 4) is 5.75 Å². The van der Waals surface area contributed by atoms with E-state index in [9.17, 15) is 8.42 Å². The smallest absolute Gasteiger partial charge is 0.240 e. The Morgan fingerprint density at radius 1 is 1.09 bits per heavy atom. The van der Waals surface area contributed by atoms with Gasteiger partial charge < -0.3 is 4.74 Å². The molecule has 0 aromatic heterocycles. The second kappa shape index (κ2) is 7.11. The number of hydrogen-bond acceptors (Lipinski definition) is 3. The summed E-state index contributed by atoms with van der Waals surface area (Å²) in [6.07, 6.45) is 1.71. The quantitative estimate of drug-likeness (QED) is 0.846. The van der Waals surface area contributed by atoms with E-state index >= 15 is 0 Å². The van der Waals surface area contributed by atoms with E-state index in [1.807, 2.05) is 38.1 Å². The van der Waals surface area contributed by atoms with E-state index in [2.05, 4.69) is 11.6 Å². The van der Waals surface area contributed by atoms with Crippen LogP contribution in [0.15, 0.2) is 41.3 Å². The molecular weight excluding hydrogens is 298 g/mol. The van der Waals surface area contributed by atoms with Crippen LogP contribution in [-0.2, 0) is 10.0 Å². The molecule has 120 valence electrons. The molecule has 0 aliphatic heterocycles. The number of sulfonamides is 1. The first-order valence-corrected chi connectivity index (χ1v) is 9.13. The molecule has 4 nitrogen and oxygen atoms in total. The summed E-state index contributed by atoms with van der Waals surface area (Å²) in [5.74, 6) is 0.808. The summed E-state index contributed by atoms with van der Waals surface area (Å²) < 4.78 is 32.9. The predicted octanol–water partition coefficient (Wildman–Crippen LogP) is 3.71. The molecule has 22 heavy (non-hydrogen) atoms. The minimum absolute atomic E-state index is 0.0782. The molecule has 5 heteroatoms.